The summed E-state index contributed by atoms with van der Waals surface area (Å²) >= 11 is 12.2. The third-order valence-electron chi connectivity index (χ3n) is 4.54. The fourth-order valence-electron chi connectivity index (χ4n) is 2.74. The average Bonchev–Trinajstić information content (AvgIpc) is 3.24. The zero-order valence-corrected chi connectivity index (χ0v) is 19.1. The zero-order chi connectivity index (χ0) is 24.0. The number of carbonyl (C=O) groups excluding carboxylic acids is 1. The molecule has 0 radical (unpaired) electrons. The third-order valence-corrected chi connectivity index (χ3v) is 5.14. The lowest BCUT2D eigenvalue weighted by Crippen LogP contribution is -2.27. The minimum absolute atomic E-state index is 0.192. The first-order valence-corrected chi connectivity index (χ1v) is 10.3. The lowest BCUT2D eigenvalue weighted by atomic mass is 10.2. The molecule has 1 unspecified atom stereocenters. The molecule has 33 heavy (non-hydrogen) atoms. The van der Waals surface area contributed by atoms with Crippen LogP contribution in [-0.4, -0.2) is 33.9 Å². The van der Waals surface area contributed by atoms with Gasteiger partial charge in [-0.1, -0.05) is 41.4 Å². The van der Waals surface area contributed by atoms with E-state index in [1.807, 2.05) is 18.2 Å². The fourth-order valence-corrected chi connectivity index (χ4v) is 3.11. The van der Waals surface area contributed by atoms with Crippen molar-refractivity contribution in [1.82, 2.24) is 15.2 Å². The summed E-state index contributed by atoms with van der Waals surface area (Å²) in [4.78, 5) is 22.9. The fraction of sp³-hybridized carbons (Fsp3) is 0.190. The standard InChI is InChI=1S/C21H19Cl2N5O5/c1-13(27-11-18(28(30)31)21(26-27)32-2)20(29)25-24-10-15-9-16(22)7-8-19(15)33-12-14-5-3-4-6-17(14)23/h3-11,13H,12H2,1-2H3,(H,25,29)/b24-10+. The maximum atomic E-state index is 12.4. The Hall–Kier alpha value is -3.63. The highest BCUT2D eigenvalue weighted by Gasteiger charge is 2.25. The largest absolute Gasteiger partial charge is 0.488 e. The van der Waals surface area contributed by atoms with Crippen molar-refractivity contribution in [2.45, 2.75) is 19.6 Å². The van der Waals surface area contributed by atoms with Crippen molar-refractivity contribution in [2.24, 2.45) is 5.10 Å². The number of carbonyl (C=O) groups is 1. The maximum Gasteiger partial charge on any atom is 0.350 e. The molecule has 12 heteroatoms. The molecular formula is C21H19Cl2N5O5. The smallest absolute Gasteiger partial charge is 0.350 e. The minimum atomic E-state index is -0.889. The first kappa shape index (κ1) is 24.0. The highest BCUT2D eigenvalue weighted by atomic mass is 35.5. The van der Waals surface area contributed by atoms with Crippen molar-refractivity contribution in [1.29, 1.82) is 0 Å². The number of halogens is 2. The molecule has 0 bridgehead atoms. The molecule has 1 atom stereocenters. The number of hydrazone groups is 1. The number of nitro groups is 1. The Labute approximate surface area is 198 Å². The van der Waals surface area contributed by atoms with E-state index in [0.29, 0.717) is 21.4 Å². The van der Waals surface area contributed by atoms with Gasteiger partial charge in [0.1, 0.15) is 24.6 Å². The van der Waals surface area contributed by atoms with Gasteiger partial charge < -0.3 is 9.47 Å². The van der Waals surface area contributed by atoms with Gasteiger partial charge in [0.25, 0.3) is 5.91 Å². The lowest BCUT2D eigenvalue weighted by molar-refractivity contribution is -0.385. The van der Waals surface area contributed by atoms with E-state index < -0.39 is 16.9 Å². The van der Waals surface area contributed by atoms with E-state index in [-0.39, 0.29) is 18.2 Å². The number of hydrogen-bond donors (Lipinski definition) is 1. The van der Waals surface area contributed by atoms with Crippen LogP contribution in [0.2, 0.25) is 10.0 Å². The second-order valence-electron chi connectivity index (χ2n) is 6.73. The van der Waals surface area contributed by atoms with Crippen molar-refractivity contribution in [2.75, 3.05) is 7.11 Å². The van der Waals surface area contributed by atoms with Crippen LogP contribution in [0, 0.1) is 10.1 Å². The van der Waals surface area contributed by atoms with Gasteiger partial charge in [0, 0.05) is 21.2 Å². The lowest BCUT2D eigenvalue weighted by Gasteiger charge is -2.11. The molecule has 3 aromatic rings. The number of nitrogens with one attached hydrogen (secondary N) is 1. The third kappa shape index (κ3) is 5.99. The summed E-state index contributed by atoms with van der Waals surface area (Å²) < 4.78 is 11.8. The van der Waals surface area contributed by atoms with Gasteiger partial charge >= 0.3 is 11.6 Å². The van der Waals surface area contributed by atoms with Crippen molar-refractivity contribution >= 4 is 41.0 Å². The van der Waals surface area contributed by atoms with Crippen molar-refractivity contribution in [3.8, 4) is 11.6 Å². The molecule has 0 aliphatic carbocycles. The molecule has 1 amide bonds. The molecule has 0 fully saturated rings. The van der Waals surface area contributed by atoms with Crippen LogP contribution in [0.4, 0.5) is 5.69 Å². The Bertz CT molecular complexity index is 1200. The van der Waals surface area contributed by atoms with Crippen LogP contribution in [-0.2, 0) is 11.4 Å². The van der Waals surface area contributed by atoms with Gasteiger partial charge in [0.05, 0.1) is 18.2 Å². The van der Waals surface area contributed by atoms with E-state index in [9.17, 15) is 14.9 Å². The second kappa shape index (κ2) is 10.8. The molecule has 0 saturated carbocycles. The molecule has 1 N–H and O–H groups in total. The van der Waals surface area contributed by atoms with Crippen LogP contribution >= 0.6 is 23.2 Å². The number of methoxy groups -OCH3 is 1. The van der Waals surface area contributed by atoms with Crippen molar-refractivity contribution in [3.63, 3.8) is 0 Å². The Balaban J connectivity index is 1.69. The summed E-state index contributed by atoms with van der Waals surface area (Å²) in [5, 5.41) is 20.0. The molecule has 0 aliphatic rings. The summed E-state index contributed by atoms with van der Waals surface area (Å²) in [7, 11) is 1.26. The van der Waals surface area contributed by atoms with E-state index in [4.69, 9.17) is 32.7 Å². The van der Waals surface area contributed by atoms with Gasteiger partial charge in [-0.15, -0.1) is 5.10 Å². The SMILES string of the molecule is COc1nn(C(C)C(=O)N/N=C/c2cc(Cl)ccc2OCc2ccccc2Cl)cc1[N+](=O)[O-]. The van der Waals surface area contributed by atoms with Gasteiger partial charge in [-0.25, -0.2) is 10.1 Å². The quantitative estimate of drug-likeness (QED) is 0.269. The van der Waals surface area contributed by atoms with Gasteiger partial charge in [0.15, 0.2) is 0 Å². The summed E-state index contributed by atoms with van der Waals surface area (Å²) in [6.45, 7) is 1.74. The van der Waals surface area contributed by atoms with E-state index in [1.165, 1.54) is 20.2 Å². The van der Waals surface area contributed by atoms with Crippen LogP contribution in [0.15, 0.2) is 53.8 Å². The van der Waals surface area contributed by atoms with E-state index in [0.717, 1.165) is 16.4 Å². The molecule has 2 aromatic carbocycles. The Morgan fingerprint density at radius 3 is 2.76 bits per heavy atom. The Kier molecular flexibility index (Phi) is 7.86. The number of hydrogen-bond acceptors (Lipinski definition) is 7. The normalized spacial score (nSPS) is 11.9. The summed E-state index contributed by atoms with van der Waals surface area (Å²) in [6, 6.07) is 11.4. The number of amides is 1. The van der Waals surface area contributed by atoms with Crippen LogP contribution in [0.3, 0.4) is 0 Å². The zero-order valence-electron chi connectivity index (χ0n) is 17.6. The number of aromatic nitrogens is 2. The number of rotatable bonds is 9. The summed E-state index contributed by atoms with van der Waals surface area (Å²) in [6.07, 6.45) is 2.50. The Morgan fingerprint density at radius 2 is 2.09 bits per heavy atom. The van der Waals surface area contributed by atoms with E-state index in [2.05, 4.69) is 15.6 Å². The highest BCUT2D eigenvalue weighted by molar-refractivity contribution is 6.31. The first-order chi connectivity index (χ1) is 15.8. The molecule has 3 rings (SSSR count). The molecule has 10 nitrogen and oxygen atoms in total. The van der Waals surface area contributed by atoms with E-state index >= 15 is 0 Å². The molecular weight excluding hydrogens is 473 g/mol. The van der Waals surface area contributed by atoms with Crippen LogP contribution in [0.25, 0.3) is 0 Å². The van der Waals surface area contributed by atoms with Crippen LogP contribution < -0.4 is 14.9 Å². The van der Waals surface area contributed by atoms with Gasteiger partial charge in [-0.2, -0.15) is 5.10 Å². The summed E-state index contributed by atoms with van der Waals surface area (Å²) in [5.41, 5.74) is 3.36. The molecule has 0 aliphatic heterocycles. The molecule has 0 spiro atoms. The summed E-state index contributed by atoms with van der Waals surface area (Å²) in [5.74, 6) is -0.257. The average molecular weight is 492 g/mol. The van der Waals surface area contributed by atoms with Crippen LogP contribution in [0.5, 0.6) is 11.6 Å². The topological polar surface area (TPSA) is 121 Å². The molecule has 0 saturated heterocycles. The highest BCUT2D eigenvalue weighted by Crippen LogP contribution is 2.26. The molecule has 172 valence electrons. The first-order valence-electron chi connectivity index (χ1n) is 9.56. The minimum Gasteiger partial charge on any atom is -0.488 e. The molecule has 1 aromatic heterocycles. The number of ether oxygens (including phenoxy) is 2. The van der Waals surface area contributed by atoms with Crippen molar-refractivity contribution in [3.05, 3.63) is 79.9 Å². The van der Waals surface area contributed by atoms with E-state index in [1.54, 1.807) is 24.3 Å². The predicted molar refractivity (Wildman–Crippen MR) is 123 cm³/mol. The van der Waals surface area contributed by atoms with Gasteiger partial charge in [-0.3, -0.25) is 14.9 Å². The Morgan fingerprint density at radius 1 is 1.33 bits per heavy atom. The number of benzene rings is 2. The van der Waals surface area contributed by atoms with Crippen LogP contribution in [0.1, 0.15) is 24.1 Å². The monoisotopic (exact) mass is 491 g/mol. The second-order valence-corrected chi connectivity index (χ2v) is 7.58. The molecule has 1 heterocycles. The number of nitrogens with zero attached hydrogens (tertiary/aromatic N) is 4. The predicted octanol–water partition coefficient (Wildman–Crippen LogP) is 4.40. The van der Waals surface area contributed by atoms with Gasteiger partial charge in [0.2, 0.25) is 0 Å². The van der Waals surface area contributed by atoms with Gasteiger partial charge in [-0.05, 0) is 31.2 Å². The van der Waals surface area contributed by atoms with Crippen molar-refractivity contribution < 1.29 is 19.2 Å². The maximum absolute atomic E-state index is 12.4.